The Bertz CT molecular complexity index is 553. The molecule has 1 aliphatic rings. The van der Waals surface area contributed by atoms with E-state index in [2.05, 4.69) is 15.5 Å². The highest BCUT2D eigenvalue weighted by Gasteiger charge is 2.25. The van der Waals surface area contributed by atoms with Gasteiger partial charge in [-0.25, -0.2) is 5.10 Å². The van der Waals surface area contributed by atoms with Gasteiger partial charge in [0.25, 0.3) is 11.5 Å². The minimum absolute atomic E-state index is 0.0324. The SMILES string of the molecule is CC(C)C(=O)NC1CCN(C(=O)c2ccc(=O)[nH]n2)CC1. The highest BCUT2D eigenvalue weighted by molar-refractivity contribution is 5.92. The smallest absolute Gasteiger partial charge is 0.274 e. The van der Waals surface area contributed by atoms with Gasteiger partial charge in [0.05, 0.1) is 0 Å². The molecule has 1 fully saturated rings. The molecule has 2 rings (SSSR count). The lowest BCUT2D eigenvalue weighted by molar-refractivity contribution is -0.124. The van der Waals surface area contributed by atoms with E-state index in [1.165, 1.54) is 12.1 Å². The van der Waals surface area contributed by atoms with Gasteiger partial charge in [0.2, 0.25) is 5.91 Å². The van der Waals surface area contributed by atoms with E-state index in [0.717, 1.165) is 12.8 Å². The summed E-state index contributed by atoms with van der Waals surface area (Å²) in [5.41, 5.74) is -0.0964. The van der Waals surface area contributed by atoms with Crippen LogP contribution >= 0.6 is 0 Å². The van der Waals surface area contributed by atoms with E-state index >= 15 is 0 Å². The minimum Gasteiger partial charge on any atom is -0.353 e. The Balaban J connectivity index is 1.89. The number of aromatic nitrogens is 2. The maximum atomic E-state index is 12.2. The van der Waals surface area contributed by atoms with Gasteiger partial charge in [-0.3, -0.25) is 14.4 Å². The molecule has 0 saturated carbocycles. The molecular weight excluding hydrogens is 272 g/mol. The number of amides is 2. The molecule has 0 radical (unpaired) electrons. The predicted octanol–water partition coefficient (Wildman–Crippen LogP) is 0.147. The van der Waals surface area contributed by atoms with E-state index in [4.69, 9.17) is 0 Å². The minimum atomic E-state index is -0.332. The van der Waals surface area contributed by atoms with Crippen molar-refractivity contribution in [1.29, 1.82) is 0 Å². The van der Waals surface area contributed by atoms with Crippen LogP contribution in [0.25, 0.3) is 0 Å². The Morgan fingerprint density at radius 3 is 2.52 bits per heavy atom. The summed E-state index contributed by atoms with van der Waals surface area (Å²) in [7, 11) is 0. The first-order chi connectivity index (χ1) is 9.97. The Hall–Kier alpha value is -2.18. The van der Waals surface area contributed by atoms with Gasteiger partial charge >= 0.3 is 0 Å². The fourth-order valence-corrected chi connectivity index (χ4v) is 2.22. The summed E-state index contributed by atoms with van der Waals surface area (Å²) >= 11 is 0. The molecule has 7 nitrogen and oxygen atoms in total. The first-order valence-corrected chi connectivity index (χ1v) is 7.12. The standard InChI is InChI=1S/C14H20N4O3/c1-9(2)13(20)15-10-5-7-18(8-6-10)14(21)11-3-4-12(19)17-16-11/h3-4,9-10H,5-8H2,1-2H3,(H,15,20)(H,17,19). The zero-order valence-corrected chi connectivity index (χ0v) is 12.3. The van der Waals surface area contributed by atoms with Gasteiger partial charge in [-0.05, 0) is 18.9 Å². The monoisotopic (exact) mass is 292 g/mol. The van der Waals surface area contributed by atoms with Crippen LogP contribution in [0.5, 0.6) is 0 Å². The van der Waals surface area contributed by atoms with Gasteiger partial charge in [-0.1, -0.05) is 13.8 Å². The van der Waals surface area contributed by atoms with Gasteiger partial charge in [-0.2, -0.15) is 5.10 Å². The summed E-state index contributed by atoms with van der Waals surface area (Å²) in [4.78, 5) is 36.5. The molecule has 0 spiro atoms. The molecule has 0 atom stereocenters. The average Bonchev–Trinajstić information content (AvgIpc) is 2.48. The summed E-state index contributed by atoms with van der Waals surface area (Å²) in [5, 5.41) is 8.99. The molecule has 1 aliphatic heterocycles. The fraction of sp³-hybridized carbons (Fsp3) is 0.571. The third-order valence-corrected chi connectivity index (χ3v) is 3.55. The van der Waals surface area contributed by atoms with Crippen LogP contribution in [-0.2, 0) is 4.79 Å². The van der Waals surface area contributed by atoms with Crippen molar-refractivity contribution in [1.82, 2.24) is 20.4 Å². The summed E-state index contributed by atoms with van der Waals surface area (Å²) in [6.45, 7) is 4.86. The molecular formula is C14H20N4O3. The lowest BCUT2D eigenvalue weighted by Gasteiger charge is -2.32. The zero-order valence-electron chi connectivity index (χ0n) is 12.3. The molecule has 2 N–H and O–H groups in total. The second-order valence-corrected chi connectivity index (χ2v) is 5.54. The normalized spacial score (nSPS) is 16.0. The predicted molar refractivity (Wildman–Crippen MR) is 76.8 cm³/mol. The van der Waals surface area contributed by atoms with Crippen molar-refractivity contribution in [2.45, 2.75) is 32.7 Å². The van der Waals surface area contributed by atoms with Crippen LogP contribution < -0.4 is 10.9 Å². The fourth-order valence-electron chi connectivity index (χ4n) is 2.22. The number of likely N-dealkylation sites (tertiary alicyclic amines) is 1. The van der Waals surface area contributed by atoms with E-state index in [0.29, 0.717) is 13.1 Å². The molecule has 0 aromatic carbocycles. The lowest BCUT2D eigenvalue weighted by atomic mass is 10.0. The third-order valence-electron chi connectivity index (χ3n) is 3.55. The Morgan fingerprint density at radius 2 is 2.00 bits per heavy atom. The third kappa shape index (κ3) is 3.90. The molecule has 114 valence electrons. The Kier molecular flexibility index (Phi) is 4.72. The van der Waals surface area contributed by atoms with E-state index in [9.17, 15) is 14.4 Å². The number of piperidine rings is 1. The van der Waals surface area contributed by atoms with Crippen LogP contribution in [-0.4, -0.2) is 46.0 Å². The highest BCUT2D eigenvalue weighted by Crippen LogP contribution is 2.13. The van der Waals surface area contributed by atoms with Crippen LogP contribution in [0.2, 0.25) is 0 Å². The molecule has 1 aromatic rings. The maximum Gasteiger partial charge on any atom is 0.274 e. The van der Waals surface area contributed by atoms with Gasteiger partial charge in [0, 0.05) is 31.1 Å². The van der Waals surface area contributed by atoms with Crippen molar-refractivity contribution >= 4 is 11.8 Å². The lowest BCUT2D eigenvalue weighted by Crippen LogP contribution is -2.47. The van der Waals surface area contributed by atoms with E-state index in [1.54, 1.807) is 4.90 Å². The van der Waals surface area contributed by atoms with Gasteiger partial charge in [0.1, 0.15) is 5.69 Å². The number of aromatic amines is 1. The molecule has 0 bridgehead atoms. The second kappa shape index (κ2) is 6.51. The number of carbonyl (C=O) groups excluding carboxylic acids is 2. The van der Waals surface area contributed by atoms with Crippen molar-refractivity contribution in [3.8, 4) is 0 Å². The summed E-state index contributed by atoms with van der Waals surface area (Å²) in [6.07, 6.45) is 1.46. The largest absolute Gasteiger partial charge is 0.353 e. The summed E-state index contributed by atoms with van der Waals surface area (Å²) in [6, 6.07) is 2.83. The Labute approximate surface area is 122 Å². The second-order valence-electron chi connectivity index (χ2n) is 5.54. The maximum absolute atomic E-state index is 12.2. The zero-order chi connectivity index (χ0) is 15.4. The summed E-state index contributed by atoms with van der Waals surface area (Å²) in [5.74, 6) is -0.183. The van der Waals surface area contributed by atoms with Crippen molar-refractivity contribution in [2.24, 2.45) is 5.92 Å². The van der Waals surface area contributed by atoms with Crippen molar-refractivity contribution in [2.75, 3.05) is 13.1 Å². The first kappa shape index (κ1) is 15.2. The number of rotatable bonds is 3. The number of hydrogen-bond acceptors (Lipinski definition) is 4. The summed E-state index contributed by atoms with van der Waals surface area (Å²) < 4.78 is 0. The van der Waals surface area contributed by atoms with Crippen LogP contribution in [0.3, 0.4) is 0 Å². The molecule has 0 unspecified atom stereocenters. The van der Waals surface area contributed by atoms with Crippen molar-refractivity contribution in [3.05, 3.63) is 28.2 Å². The van der Waals surface area contributed by atoms with Gasteiger partial charge < -0.3 is 10.2 Å². The Morgan fingerprint density at radius 1 is 1.33 bits per heavy atom. The molecule has 2 heterocycles. The molecule has 0 aliphatic carbocycles. The van der Waals surface area contributed by atoms with Crippen molar-refractivity contribution < 1.29 is 9.59 Å². The van der Waals surface area contributed by atoms with Gasteiger partial charge in [0.15, 0.2) is 0 Å². The topological polar surface area (TPSA) is 95.2 Å². The number of nitrogens with zero attached hydrogens (tertiary/aromatic N) is 2. The molecule has 2 amide bonds. The molecule has 7 heteroatoms. The number of hydrogen-bond donors (Lipinski definition) is 2. The van der Waals surface area contributed by atoms with E-state index in [1.807, 2.05) is 13.8 Å². The van der Waals surface area contributed by atoms with Crippen LogP contribution in [0.1, 0.15) is 37.2 Å². The van der Waals surface area contributed by atoms with E-state index in [-0.39, 0.29) is 35.0 Å². The quantitative estimate of drug-likeness (QED) is 0.829. The number of carbonyl (C=O) groups is 2. The average molecular weight is 292 g/mol. The number of nitrogens with one attached hydrogen (secondary N) is 2. The highest BCUT2D eigenvalue weighted by atomic mass is 16.2. The van der Waals surface area contributed by atoms with Crippen molar-refractivity contribution in [3.63, 3.8) is 0 Å². The van der Waals surface area contributed by atoms with Crippen LogP contribution in [0.15, 0.2) is 16.9 Å². The first-order valence-electron chi connectivity index (χ1n) is 7.12. The number of H-pyrrole nitrogens is 1. The molecule has 1 saturated heterocycles. The van der Waals surface area contributed by atoms with E-state index < -0.39 is 0 Å². The molecule has 21 heavy (non-hydrogen) atoms. The molecule has 1 aromatic heterocycles. The van der Waals surface area contributed by atoms with Crippen LogP contribution in [0, 0.1) is 5.92 Å². The van der Waals surface area contributed by atoms with Crippen LogP contribution in [0.4, 0.5) is 0 Å². The van der Waals surface area contributed by atoms with Gasteiger partial charge in [-0.15, -0.1) is 0 Å².